The van der Waals surface area contributed by atoms with Crippen LogP contribution in [0.2, 0.25) is 10.0 Å². The third-order valence-corrected chi connectivity index (χ3v) is 8.50. The fourth-order valence-electron chi connectivity index (χ4n) is 5.91. The van der Waals surface area contributed by atoms with Crippen molar-refractivity contribution in [3.8, 4) is 0 Å². The van der Waals surface area contributed by atoms with Crippen LogP contribution in [0.5, 0.6) is 0 Å². The molecule has 2 aliphatic rings. The summed E-state index contributed by atoms with van der Waals surface area (Å²) >= 11 is 13.0. The van der Waals surface area contributed by atoms with Crippen LogP contribution in [0.4, 0.5) is 0 Å². The van der Waals surface area contributed by atoms with E-state index in [0.717, 1.165) is 50.3 Å². The predicted molar refractivity (Wildman–Crippen MR) is 144 cm³/mol. The second-order valence-electron chi connectivity index (χ2n) is 10.4. The number of rotatable bonds is 13. The molecule has 1 saturated heterocycles. The Morgan fingerprint density at radius 1 is 1.14 bits per heavy atom. The van der Waals surface area contributed by atoms with Crippen LogP contribution in [0.15, 0.2) is 18.2 Å². The molecule has 1 aromatic rings. The van der Waals surface area contributed by atoms with E-state index in [0.29, 0.717) is 42.1 Å². The summed E-state index contributed by atoms with van der Waals surface area (Å²) < 4.78 is 11.6. The highest BCUT2D eigenvalue weighted by Crippen LogP contribution is 2.39. The first kappa shape index (κ1) is 28.7. The first-order valence-electron chi connectivity index (χ1n) is 13.5. The van der Waals surface area contributed by atoms with Crippen molar-refractivity contribution in [2.45, 2.75) is 70.3 Å². The van der Waals surface area contributed by atoms with Crippen molar-refractivity contribution in [2.24, 2.45) is 17.8 Å². The summed E-state index contributed by atoms with van der Waals surface area (Å²) in [6.45, 7) is 3.66. The number of likely N-dealkylation sites (tertiary alicyclic amines) is 1. The van der Waals surface area contributed by atoms with Crippen LogP contribution >= 0.6 is 23.2 Å². The normalized spacial score (nSPS) is 21.1. The van der Waals surface area contributed by atoms with E-state index in [1.54, 1.807) is 13.2 Å². The maximum Gasteiger partial charge on any atom is 0.222 e. The lowest BCUT2D eigenvalue weighted by molar-refractivity contribution is -0.135. The highest BCUT2D eigenvalue weighted by molar-refractivity contribution is 6.42. The number of nitrogens with one attached hydrogen (secondary N) is 1. The van der Waals surface area contributed by atoms with Gasteiger partial charge in [-0.25, -0.2) is 0 Å². The number of amides is 1. The number of carbonyl (C=O) groups is 1. The van der Waals surface area contributed by atoms with E-state index in [9.17, 15) is 4.79 Å². The minimum atomic E-state index is -0.191. The molecule has 2 fully saturated rings. The molecule has 1 aliphatic carbocycles. The summed E-state index contributed by atoms with van der Waals surface area (Å²) in [6, 6.07) is 5.73. The van der Waals surface area contributed by atoms with Gasteiger partial charge in [0, 0.05) is 51.3 Å². The lowest BCUT2D eigenvalue weighted by Crippen LogP contribution is -2.43. The van der Waals surface area contributed by atoms with Crippen LogP contribution in [0.1, 0.15) is 75.9 Å². The van der Waals surface area contributed by atoms with E-state index in [4.69, 9.17) is 32.7 Å². The molecule has 0 radical (unpaired) electrons. The Morgan fingerprint density at radius 2 is 1.94 bits per heavy atom. The zero-order valence-corrected chi connectivity index (χ0v) is 23.1. The smallest absolute Gasteiger partial charge is 0.222 e. The fraction of sp³-hybridized carbons (Fsp3) is 0.750. The van der Waals surface area contributed by atoms with Crippen molar-refractivity contribution >= 4 is 29.1 Å². The van der Waals surface area contributed by atoms with E-state index >= 15 is 0 Å². The van der Waals surface area contributed by atoms with Gasteiger partial charge in [-0.3, -0.25) is 4.79 Å². The van der Waals surface area contributed by atoms with Gasteiger partial charge in [-0.2, -0.15) is 0 Å². The first-order chi connectivity index (χ1) is 17.0. The number of methoxy groups -OCH3 is 1. The summed E-state index contributed by atoms with van der Waals surface area (Å²) in [6.07, 6.45) is 11.1. The van der Waals surface area contributed by atoms with E-state index in [2.05, 4.69) is 10.2 Å². The summed E-state index contributed by atoms with van der Waals surface area (Å²) in [5.74, 6) is 1.65. The molecular weight excluding hydrogens is 483 g/mol. The summed E-state index contributed by atoms with van der Waals surface area (Å²) in [5.41, 5.74) is 0.918. The number of benzene rings is 1. The second kappa shape index (κ2) is 15.4. The van der Waals surface area contributed by atoms with Crippen LogP contribution in [-0.2, 0) is 14.3 Å². The Hall–Kier alpha value is -0.850. The van der Waals surface area contributed by atoms with Gasteiger partial charge in [0.1, 0.15) is 0 Å². The van der Waals surface area contributed by atoms with Crippen molar-refractivity contribution in [2.75, 3.05) is 47.0 Å². The minimum Gasteiger partial charge on any atom is -0.385 e. The molecule has 3 atom stereocenters. The lowest BCUT2D eigenvalue weighted by Gasteiger charge is -2.38. The number of nitrogens with zero attached hydrogens (tertiary/aromatic N) is 1. The van der Waals surface area contributed by atoms with Gasteiger partial charge < -0.3 is 19.7 Å². The van der Waals surface area contributed by atoms with Crippen molar-refractivity contribution < 1.29 is 14.3 Å². The molecule has 35 heavy (non-hydrogen) atoms. The Bertz CT molecular complexity index is 773. The SMILES string of the molecule is CNC[C@@H](CC(=O)N1CCC[C@@H]([C@@H](OCCCOC)c2cccc(Cl)c2Cl)C1)CC1CCCCC1. The molecule has 5 nitrogen and oxygen atoms in total. The van der Waals surface area contributed by atoms with Gasteiger partial charge in [0.05, 0.1) is 16.1 Å². The van der Waals surface area contributed by atoms with Crippen molar-refractivity contribution in [1.82, 2.24) is 10.2 Å². The topological polar surface area (TPSA) is 50.8 Å². The van der Waals surface area contributed by atoms with E-state index in [-0.39, 0.29) is 17.9 Å². The molecule has 198 valence electrons. The number of piperidine rings is 1. The fourth-order valence-corrected chi connectivity index (χ4v) is 6.33. The van der Waals surface area contributed by atoms with Gasteiger partial charge >= 0.3 is 0 Å². The van der Waals surface area contributed by atoms with E-state index in [1.165, 1.54) is 32.1 Å². The quantitative estimate of drug-likeness (QED) is 0.297. The molecule has 1 amide bonds. The van der Waals surface area contributed by atoms with Crippen LogP contribution in [0.3, 0.4) is 0 Å². The maximum atomic E-state index is 13.4. The van der Waals surface area contributed by atoms with Crippen LogP contribution < -0.4 is 5.32 Å². The second-order valence-corrected chi connectivity index (χ2v) is 11.2. The number of hydrogen-bond acceptors (Lipinski definition) is 4. The summed E-state index contributed by atoms with van der Waals surface area (Å²) in [5, 5.41) is 4.42. The molecule has 7 heteroatoms. The molecule has 3 rings (SSSR count). The predicted octanol–water partition coefficient (Wildman–Crippen LogP) is 6.52. The van der Waals surface area contributed by atoms with Crippen LogP contribution in [0, 0.1) is 17.8 Å². The summed E-state index contributed by atoms with van der Waals surface area (Å²) in [4.78, 5) is 15.5. The summed E-state index contributed by atoms with van der Waals surface area (Å²) in [7, 11) is 3.70. The van der Waals surface area contributed by atoms with Gasteiger partial charge in [-0.1, -0.05) is 67.4 Å². The average Bonchev–Trinajstić information content (AvgIpc) is 2.87. The standard InChI is InChI=1S/C28H44Cl2N2O3/c1-31-19-22(17-21-9-4-3-5-10-21)18-26(33)32-14-7-11-23(20-32)28(35-16-8-15-34-2)24-12-6-13-25(29)27(24)30/h6,12-13,21-23,28,31H,3-5,7-11,14-20H2,1-2H3/t22-,23-,28-/m1/s1. The third kappa shape index (κ3) is 8.89. The molecule has 1 heterocycles. The number of halogens is 2. The van der Waals surface area contributed by atoms with Gasteiger partial charge in [0.2, 0.25) is 5.91 Å². The molecule has 1 aliphatic heterocycles. The Morgan fingerprint density at radius 3 is 2.69 bits per heavy atom. The highest BCUT2D eigenvalue weighted by atomic mass is 35.5. The molecule has 0 spiro atoms. The van der Waals surface area contributed by atoms with Crippen molar-refractivity contribution in [3.05, 3.63) is 33.8 Å². The molecular formula is C28H44Cl2N2O3. The van der Waals surface area contributed by atoms with Gasteiger partial charge in [-0.05, 0) is 57.2 Å². The molecule has 0 unspecified atom stereocenters. The molecule has 1 N–H and O–H groups in total. The Kier molecular flexibility index (Phi) is 12.6. The molecule has 0 bridgehead atoms. The van der Waals surface area contributed by atoms with Gasteiger partial charge in [0.25, 0.3) is 0 Å². The van der Waals surface area contributed by atoms with Crippen LogP contribution in [0.25, 0.3) is 0 Å². The zero-order chi connectivity index (χ0) is 25.0. The average molecular weight is 528 g/mol. The lowest BCUT2D eigenvalue weighted by atomic mass is 9.81. The van der Waals surface area contributed by atoms with Gasteiger partial charge in [-0.15, -0.1) is 0 Å². The highest BCUT2D eigenvalue weighted by Gasteiger charge is 2.33. The number of carbonyl (C=O) groups excluding carboxylic acids is 1. The molecule has 1 aromatic carbocycles. The minimum absolute atomic E-state index is 0.187. The first-order valence-corrected chi connectivity index (χ1v) is 14.3. The number of hydrogen-bond donors (Lipinski definition) is 1. The van der Waals surface area contributed by atoms with Gasteiger partial charge in [0.15, 0.2) is 0 Å². The molecule has 1 saturated carbocycles. The van der Waals surface area contributed by atoms with Crippen LogP contribution in [-0.4, -0.2) is 57.8 Å². The maximum absolute atomic E-state index is 13.4. The zero-order valence-electron chi connectivity index (χ0n) is 21.6. The number of ether oxygens (including phenoxy) is 2. The molecule has 0 aromatic heterocycles. The Balaban J connectivity index is 1.66. The third-order valence-electron chi connectivity index (χ3n) is 7.66. The van der Waals surface area contributed by atoms with E-state index in [1.807, 2.05) is 19.2 Å². The van der Waals surface area contributed by atoms with Crippen molar-refractivity contribution in [3.63, 3.8) is 0 Å². The largest absolute Gasteiger partial charge is 0.385 e. The van der Waals surface area contributed by atoms with E-state index < -0.39 is 0 Å². The monoisotopic (exact) mass is 526 g/mol. The Labute approximate surface area is 222 Å². The van der Waals surface area contributed by atoms with Crippen molar-refractivity contribution in [1.29, 1.82) is 0 Å².